The largest absolute Gasteiger partial charge is 0.507 e. The number of aromatic hydroxyl groups is 1. The van der Waals surface area contributed by atoms with Crippen LogP contribution >= 0.6 is 0 Å². The molecule has 1 saturated carbocycles. The Labute approximate surface area is 351 Å². The molecule has 0 unspecified atom stereocenters. The lowest BCUT2D eigenvalue weighted by Crippen LogP contribution is -2.66. The predicted molar refractivity (Wildman–Crippen MR) is 240 cm³/mol. The van der Waals surface area contributed by atoms with Gasteiger partial charge in [0, 0.05) is 11.4 Å². The van der Waals surface area contributed by atoms with Crippen LogP contribution in [0.25, 0.3) is 16.8 Å². The number of carbonyl (C=O) groups is 2. The molecule has 59 heavy (non-hydrogen) atoms. The highest BCUT2D eigenvalue weighted by molar-refractivity contribution is 6.99. The molecule has 4 atom stereocenters. The highest BCUT2D eigenvalue weighted by atomic mass is 28.4. The molecule has 8 rings (SSSR count). The number of benzene rings is 4. The van der Waals surface area contributed by atoms with Gasteiger partial charge in [-0.1, -0.05) is 156 Å². The van der Waals surface area contributed by atoms with Gasteiger partial charge in [0.05, 0.1) is 24.5 Å². The van der Waals surface area contributed by atoms with Crippen LogP contribution in [-0.4, -0.2) is 61.0 Å². The van der Waals surface area contributed by atoms with Crippen molar-refractivity contribution in [3.05, 3.63) is 119 Å². The number of phenols is 1. The first-order valence-corrected chi connectivity index (χ1v) is 24.0. The van der Waals surface area contributed by atoms with Gasteiger partial charge < -0.3 is 19.2 Å². The standard InChI is InChI=1S/C50H60BNO6Si/c1-5-17-34(30-35-27-28-44(53)41-25-16-15-24-40(35)41)26-29-45-46-36(33-57-59(50(2,3)4,38-20-11-7-12-21-38)39-22-13-8-14-23-39)31-42-47(43(46)32-51(56)58-45)49(55)52(48(42)54)37-18-9-6-10-19-37/h7-8,11-16,20-25,27-28,30,37,42-43,45,47,53,56H,5-6,9-10,17-19,26,29,31-33H2,1-4H3/b34-30+/t42-,43+,45-,47-/m1/s1. The summed E-state index contributed by atoms with van der Waals surface area (Å²) in [6, 6.07) is 32.9. The molecule has 7 nitrogen and oxygen atoms in total. The number of carbonyl (C=O) groups excluding carboxylic acids is 2. The number of fused-ring (bicyclic) bond motifs is 4. The SMILES string of the molecule is CCC/C(=C\c1ccc(O)c2ccccc12)CC[C@H]1OB(O)C[C@H]2C1=C(CO[Si](c1ccccc1)(c1ccccc1)C(C)(C)C)C[C@H]1C(=O)N(C3CCCCC3)C(=O)[C@H]12. The molecular weight excluding hydrogens is 749 g/mol. The second-order valence-electron chi connectivity index (χ2n) is 18.4. The van der Waals surface area contributed by atoms with E-state index < -0.39 is 33.4 Å². The minimum absolute atomic E-state index is 0.0410. The van der Waals surface area contributed by atoms with Crippen LogP contribution in [0.2, 0.25) is 11.4 Å². The molecule has 2 N–H and O–H groups in total. The lowest BCUT2D eigenvalue weighted by Gasteiger charge is -2.46. The first-order valence-electron chi connectivity index (χ1n) is 22.1. The van der Waals surface area contributed by atoms with E-state index in [1.54, 1.807) is 11.0 Å². The van der Waals surface area contributed by atoms with Gasteiger partial charge in [-0.3, -0.25) is 14.5 Å². The second-order valence-corrected chi connectivity index (χ2v) is 22.7. The van der Waals surface area contributed by atoms with E-state index in [1.165, 1.54) is 15.9 Å². The normalized spacial score (nSPS) is 23.2. The van der Waals surface area contributed by atoms with Gasteiger partial charge in [-0.25, -0.2) is 0 Å². The van der Waals surface area contributed by atoms with Crippen molar-refractivity contribution in [2.75, 3.05) is 6.61 Å². The molecule has 2 aliphatic heterocycles. The van der Waals surface area contributed by atoms with E-state index in [2.05, 4.69) is 82.3 Å². The fourth-order valence-corrected chi connectivity index (χ4v) is 15.7. The molecule has 4 aromatic rings. The third-order valence-electron chi connectivity index (χ3n) is 13.8. The Morgan fingerprint density at radius 1 is 0.847 bits per heavy atom. The number of imide groups is 1. The summed E-state index contributed by atoms with van der Waals surface area (Å²) in [5.74, 6) is -1.13. The van der Waals surface area contributed by atoms with Crippen molar-refractivity contribution in [1.82, 2.24) is 4.90 Å². The summed E-state index contributed by atoms with van der Waals surface area (Å²) >= 11 is 0. The summed E-state index contributed by atoms with van der Waals surface area (Å²) in [4.78, 5) is 30.8. The van der Waals surface area contributed by atoms with Crippen LogP contribution in [0.1, 0.15) is 97.5 Å². The van der Waals surface area contributed by atoms with Gasteiger partial charge >= 0.3 is 7.12 Å². The zero-order valence-corrected chi connectivity index (χ0v) is 36.2. The maximum Gasteiger partial charge on any atom is 0.455 e. The minimum atomic E-state index is -2.96. The Kier molecular flexibility index (Phi) is 12.2. The first kappa shape index (κ1) is 41.5. The van der Waals surface area contributed by atoms with Gasteiger partial charge in [-0.05, 0) is 94.3 Å². The molecule has 2 saturated heterocycles. The lowest BCUT2D eigenvalue weighted by atomic mass is 9.58. The van der Waals surface area contributed by atoms with Crippen molar-refractivity contribution in [1.29, 1.82) is 0 Å². The zero-order valence-electron chi connectivity index (χ0n) is 35.2. The molecule has 4 aliphatic rings. The number of likely N-dealkylation sites (tertiary alicyclic amines) is 1. The molecule has 9 heteroatoms. The Bertz CT molecular complexity index is 2170. The third kappa shape index (κ3) is 7.92. The number of rotatable bonds is 12. The first-order chi connectivity index (χ1) is 28.5. The van der Waals surface area contributed by atoms with Crippen molar-refractivity contribution in [3.63, 3.8) is 0 Å². The van der Waals surface area contributed by atoms with Gasteiger partial charge in [0.15, 0.2) is 0 Å². The molecular formula is C50H60BNO6Si. The highest BCUT2D eigenvalue weighted by Gasteiger charge is 2.59. The molecule has 0 spiro atoms. The van der Waals surface area contributed by atoms with Crippen molar-refractivity contribution in [2.45, 2.75) is 115 Å². The lowest BCUT2D eigenvalue weighted by molar-refractivity contribution is -0.143. The molecule has 308 valence electrons. The Balaban J connectivity index is 1.20. The van der Waals surface area contributed by atoms with Crippen molar-refractivity contribution < 1.29 is 28.8 Å². The molecule has 2 amide bonds. The number of hydrogen-bond donors (Lipinski definition) is 2. The Morgan fingerprint density at radius 2 is 1.49 bits per heavy atom. The third-order valence-corrected chi connectivity index (χ3v) is 18.7. The molecule has 2 heterocycles. The maximum atomic E-state index is 14.6. The van der Waals surface area contributed by atoms with Crippen LogP contribution in [0.3, 0.4) is 0 Å². The average molecular weight is 810 g/mol. The maximum absolute atomic E-state index is 14.6. The van der Waals surface area contributed by atoms with E-state index in [-0.39, 0.29) is 40.9 Å². The minimum Gasteiger partial charge on any atom is -0.507 e. The summed E-state index contributed by atoms with van der Waals surface area (Å²) in [5.41, 5.74) is 4.44. The topological polar surface area (TPSA) is 96.3 Å². The van der Waals surface area contributed by atoms with E-state index in [0.717, 1.165) is 78.8 Å². The van der Waals surface area contributed by atoms with Crippen LogP contribution in [0, 0.1) is 17.8 Å². The number of hydrogen-bond acceptors (Lipinski definition) is 6. The number of nitrogens with zero attached hydrogens (tertiary/aromatic N) is 1. The molecule has 2 aliphatic carbocycles. The second kappa shape index (κ2) is 17.4. The van der Waals surface area contributed by atoms with Crippen LogP contribution in [0.4, 0.5) is 0 Å². The van der Waals surface area contributed by atoms with E-state index in [1.807, 2.05) is 42.5 Å². The summed E-state index contributed by atoms with van der Waals surface area (Å²) < 4.78 is 14.2. The average Bonchev–Trinajstić information content (AvgIpc) is 3.49. The van der Waals surface area contributed by atoms with Crippen molar-refractivity contribution in [2.24, 2.45) is 17.8 Å². The van der Waals surface area contributed by atoms with Gasteiger partial charge in [-0.15, -0.1) is 0 Å². The van der Waals surface area contributed by atoms with E-state index in [0.29, 0.717) is 19.4 Å². The van der Waals surface area contributed by atoms with E-state index in [9.17, 15) is 19.7 Å². The predicted octanol–water partition coefficient (Wildman–Crippen LogP) is 9.22. The van der Waals surface area contributed by atoms with Crippen molar-refractivity contribution in [3.8, 4) is 5.75 Å². The van der Waals surface area contributed by atoms with Gasteiger partial charge in [0.25, 0.3) is 8.32 Å². The number of amides is 2. The van der Waals surface area contributed by atoms with Crippen molar-refractivity contribution >= 4 is 54.5 Å². The monoisotopic (exact) mass is 809 g/mol. The fourth-order valence-electron chi connectivity index (χ4n) is 11.1. The van der Waals surface area contributed by atoms with Crippen LogP contribution in [0.15, 0.2) is 114 Å². The number of allylic oxidation sites excluding steroid dienone is 1. The molecule has 0 aromatic heterocycles. The van der Waals surface area contributed by atoms with Crippen LogP contribution in [0.5, 0.6) is 5.75 Å². The Hall–Kier alpha value is -4.28. The molecule has 0 radical (unpaired) electrons. The molecule has 3 fully saturated rings. The molecule has 4 aromatic carbocycles. The Morgan fingerprint density at radius 3 is 2.14 bits per heavy atom. The fraction of sp³-hybridized carbons (Fsp3) is 0.440. The van der Waals surface area contributed by atoms with E-state index in [4.69, 9.17) is 9.08 Å². The summed E-state index contributed by atoms with van der Waals surface area (Å²) in [6.07, 6.45) is 10.7. The van der Waals surface area contributed by atoms with Crippen LogP contribution < -0.4 is 10.4 Å². The van der Waals surface area contributed by atoms with Gasteiger partial charge in [0.2, 0.25) is 11.8 Å². The zero-order chi connectivity index (χ0) is 41.3. The van der Waals surface area contributed by atoms with Crippen LogP contribution in [-0.2, 0) is 18.7 Å². The number of phenolic OH excluding ortho intramolecular Hbond substituents is 1. The van der Waals surface area contributed by atoms with E-state index >= 15 is 0 Å². The summed E-state index contributed by atoms with van der Waals surface area (Å²) in [7, 11) is -4.00. The van der Waals surface area contributed by atoms with Gasteiger partial charge in [0.1, 0.15) is 5.75 Å². The highest BCUT2D eigenvalue weighted by Crippen LogP contribution is 2.52. The molecule has 0 bridgehead atoms. The van der Waals surface area contributed by atoms with Gasteiger partial charge in [-0.2, -0.15) is 0 Å². The summed E-state index contributed by atoms with van der Waals surface area (Å²) in [6.45, 7) is 9.34. The smallest absolute Gasteiger partial charge is 0.455 e. The summed E-state index contributed by atoms with van der Waals surface area (Å²) in [5, 5.41) is 26.0. The quantitative estimate of drug-likeness (QED) is 0.0842.